The fourth-order valence-corrected chi connectivity index (χ4v) is 4.24. The third-order valence-corrected chi connectivity index (χ3v) is 6.59. The Morgan fingerprint density at radius 1 is 0.853 bits per heavy atom. The molecule has 0 aliphatic heterocycles. The first-order valence-electron chi connectivity index (χ1n) is 11.8. The van der Waals surface area contributed by atoms with Gasteiger partial charge in [-0.05, 0) is 46.7 Å². The van der Waals surface area contributed by atoms with Crippen LogP contribution in [0.3, 0.4) is 0 Å². The first-order chi connectivity index (χ1) is 16.4. The van der Waals surface area contributed by atoms with E-state index in [-0.39, 0.29) is 11.8 Å². The summed E-state index contributed by atoms with van der Waals surface area (Å²) in [5.74, 6) is 0.291. The van der Waals surface area contributed by atoms with E-state index in [0.717, 1.165) is 21.2 Å². The third kappa shape index (κ3) is 7.29. The van der Waals surface area contributed by atoms with Gasteiger partial charge >= 0.3 is 0 Å². The van der Waals surface area contributed by atoms with Gasteiger partial charge in [-0.3, -0.25) is 9.59 Å². The first kappa shape index (κ1) is 25.7. The average Bonchev–Trinajstić information content (AvgIpc) is 2.86. The number of amides is 2. The summed E-state index contributed by atoms with van der Waals surface area (Å²) < 4.78 is 0.978. The van der Waals surface area contributed by atoms with Crippen molar-refractivity contribution < 1.29 is 9.59 Å². The van der Waals surface area contributed by atoms with Crippen LogP contribution in [0.15, 0.2) is 83.3 Å². The van der Waals surface area contributed by atoms with Crippen molar-refractivity contribution in [2.24, 2.45) is 0 Å². The van der Waals surface area contributed by atoms with E-state index in [1.807, 2.05) is 54.6 Å². The molecule has 3 rings (SSSR count). The molecule has 3 aromatic carbocycles. The molecule has 0 bridgehead atoms. The molecule has 0 unspecified atom stereocenters. The molecule has 1 atom stereocenters. The quantitative estimate of drug-likeness (QED) is 0.362. The summed E-state index contributed by atoms with van der Waals surface area (Å²) in [5, 5.41) is 2.77. The fraction of sp³-hybridized carbons (Fsp3) is 0.310. The van der Waals surface area contributed by atoms with E-state index in [1.165, 1.54) is 5.56 Å². The molecule has 0 aliphatic rings. The van der Waals surface area contributed by atoms with Crippen molar-refractivity contribution in [3.05, 3.63) is 106 Å². The van der Waals surface area contributed by atoms with Gasteiger partial charge in [-0.1, -0.05) is 96.5 Å². The van der Waals surface area contributed by atoms with Crippen LogP contribution in [0.25, 0.3) is 0 Å². The zero-order valence-electron chi connectivity index (χ0n) is 20.1. The first-order valence-corrected chi connectivity index (χ1v) is 12.5. The molecule has 0 aliphatic carbocycles. The minimum absolute atomic E-state index is 0.0274. The minimum Gasteiger partial charge on any atom is -0.357 e. The Bertz CT molecular complexity index is 1060. The second-order valence-electron chi connectivity index (χ2n) is 8.86. The van der Waals surface area contributed by atoms with E-state index in [9.17, 15) is 9.59 Å². The van der Waals surface area contributed by atoms with Crippen LogP contribution in [0.5, 0.6) is 0 Å². The Balaban J connectivity index is 1.83. The van der Waals surface area contributed by atoms with Crippen LogP contribution < -0.4 is 5.32 Å². The van der Waals surface area contributed by atoms with E-state index < -0.39 is 6.04 Å². The van der Waals surface area contributed by atoms with Gasteiger partial charge in [-0.25, -0.2) is 0 Å². The zero-order valence-corrected chi connectivity index (χ0v) is 21.7. The van der Waals surface area contributed by atoms with Gasteiger partial charge in [0.05, 0.1) is 0 Å². The zero-order chi connectivity index (χ0) is 24.5. The number of carbonyl (C=O) groups excluding carboxylic acids is 2. The van der Waals surface area contributed by atoms with Gasteiger partial charge in [0.15, 0.2) is 0 Å². The average molecular weight is 521 g/mol. The summed E-state index contributed by atoms with van der Waals surface area (Å²) in [4.78, 5) is 28.3. The summed E-state index contributed by atoms with van der Waals surface area (Å²) in [6.07, 6.45) is 1.45. The van der Waals surface area contributed by atoms with Crippen LogP contribution in [0.4, 0.5) is 0 Å². The van der Waals surface area contributed by atoms with E-state index in [1.54, 1.807) is 11.9 Å². The van der Waals surface area contributed by atoms with Gasteiger partial charge in [-0.15, -0.1) is 0 Å². The monoisotopic (exact) mass is 520 g/mol. The van der Waals surface area contributed by atoms with Crippen LogP contribution in [-0.4, -0.2) is 29.8 Å². The maximum Gasteiger partial charge on any atom is 0.242 e. The molecule has 34 heavy (non-hydrogen) atoms. The highest BCUT2D eigenvalue weighted by molar-refractivity contribution is 9.10. The molecule has 4 nitrogen and oxygen atoms in total. The van der Waals surface area contributed by atoms with Crippen LogP contribution in [0, 0.1) is 0 Å². The van der Waals surface area contributed by atoms with Gasteiger partial charge in [-0.2, -0.15) is 0 Å². The lowest BCUT2D eigenvalue weighted by molar-refractivity contribution is -0.141. The second kappa shape index (κ2) is 12.5. The number of hydrogen-bond acceptors (Lipinski definition) is 2. The minimum atomic E-state index is -0.591. The topological polar surface area (TPSA) is 49.4 Å². The highest BCUT2D eigenvalue weighted by atomic mass is 79.9. The lowest BCUT2D eigenvalue weighted by atomic mass is 9.99. The van der Waals surface area contributed by atoms with Gasteiger partial charge in [0.1, 0.15) is 6.04 Å². The number of likely N-dealkylation sites (N-methyl/N-ethyl adjacent to an activating group) is 1. The molecule has 5 heteroatoms. The number of hydrogen-bond donors (Lipinski definition) is 1. The van der Waals surface area contributed by atoms with E-state index in [2.05, 4.69) is 59.4 Å². The molecule has 0 radical (unpaired) electrons. The number of rotatable bonds is 10. The third-order valence-electron chi connectivity index (χ3n) is 6.06. The summed E-state index contributed by atoms with van der Waals surface area (Å²) in [6.45, 7) is 4.72. The molecule has 0 saturated carbocycles. The van der Waals surface area contributed by atoms with Gasteiger partial charge < -0.3 is 10.2 Å². The van der Waals surface area contributed by atoms with Crippen molar-refractivity contribution in [2.75, 3.05) is 7.05 Å². The Kier molecular flexibility index (Phi) is 9.46. The van der Waals surface area contributed by atoms with Gasteiger partial charge in [0.2, 0.25) is 11.8 Å². The number of carbonyl (C=O) groups is 2. The lowest BCUT2D eigenvalue weighted by Crippen LogP contribution is -2.49. The molecular weight excluding hydrogens is 488 g/mol. The standard InChI is InChI=1S/C29H33BrN2O2/c1-21(2)25-14-9-22(10-15-25)13-18-28(33)32(20-24-11-16-26(30)17-12-24)27(29(34)31-3)19-23-7-5-4-6-8-23/h4-12,14-17,21,27H,13,18-20H2,1-3H3,(H,31,34)/t27-/m1/s1. The fourth-order valence-electron chi connectivity index (χ4n) is 3.97. The smallest absolute Gasteiger partial charge is 0.242 e. The molecule has 0 saturated heterocycles. The SMILES string of the molecule is CNC(=O)[C@@H](Cc1ccccc1)N(Cc1ccc(Br)cc1)C(=O)CCc1ccc(C(C)C)cc1. The van der Waals surface area contributed by atoms with Crippen LogP contribution in [0.2, 0.25) is 0 Å². The molecule has 0 aromatic heterocycles. The number of nitrogens with one attached hydrogen (secondary N) is 1. The predicted octanol–water partition coefficient (Wildman–Crippen LogP) is 5.89. The second-order valence-corrected chi connectivity index (χ2v) is 9.78. The summed E-state index contributed by atoms with van der Waals surface area (Å²) in [7, 11) is 1.62. The maximum absolute atomic E-state index is 13.6. The normalized spacial score (nSPS) is 11.8. The van der Waals surface area contributed by atoms with Crippen LogP contribution >= 0.6 is 15.9 Å². The molecule has 0 fully saturated rings. The highest BCUT2D eigenvalue weighted by Gasteiger charge is 2.29. The molecule has 1 N–H and O–H groups in total. The van der Waals surface area contributed by atoms with Crippen LogP contribution in [0.1, 0.15) is 48.4 Å². The Labute approximate surface area is 211 Å². The number of benzene rings is 3. The molecule has 0 heterocycles. The largest absolute Gasteiger partial charge is 0.357 e. The highest BCUT2D eigenvalue weighted by Crippen LogP contribution is 2.19. The van der Waals surface area contributed by atoms with E-state index in [0.29, 0.717) is 31.7 Å². The van der Waals surface area contributed by atoms with Crippen molar-refractivity contribution in [3.63, 3.8) is 0 Å². The van der Waals surface area contributed by atoms with Crippen molar-refractivity contribution >= 4 is 27.7 Å². The number of halogens is 1. The molecule has 0 spiro atoms. The Morgan fingerprint density at radius 3 is 2.06 bits per heavy atom. The van der Waals surface area contributed by atoms with E-state index >= 15 is 0 Å². The van der Waals surface area contributed by atoms with Crippen molar-refractivity contribution in [1.29, 1.82) is 0 Å². The predicted molar refractivity (Wildman–Crippen MR) is 142 cm³/mol. The van der Waals surface area contributed by atoms with Gasteiger partial charge in [0, 0.05) is 30.9 Å². The lowest BCUT2D eigenvalue weighted by Gasteiger charge is -2.31. The summed E-state index contributed by atoms with van der Waals surface area (Å²) in [6, 6.07) is 25.6. The van der Waals surface area contributed by atoms with Crippen molar-refractivity contribution in [3.8, 4) is 0 Å². The molecule has 178 valence electrons. The Morgan fingerprint density at radius 2 is 1.47 bits per heavy atom. The summed E-state index contributed by atoms with van der Waals surface area (Å²) in [5.41, 5.74) is 4.42. The molecule has 3 aromatic rings. The van der Waals surface area contributed by atoms with Crippen molar-refractivity contribution in [2.45, 2.75) is 51.6 Å². The summed E-state index contributed by atoms with van der Waals surface area (Å²) >= 11 is 3.47. The van der Waals surface area contributed by atoms with E-state index in [4.69, 9.17) is 0 Å². The molecular formula is C29H33BrN2O2. The number of aryl methyl sites for hydroxylation is 1. The van der Waals surface area contributed by atoms with Crippen LogP contribution in [-0.2, 0) is 29.0 Å². The molecule has 2 amide bonds. The Hall–Kier alpha value is -2.92. The van der Waals surface area contributed by atoms with Crippen molar-refractivity contribution in [1.82, 2.24) is 10.2 Å². The van der Waals surface area contributed by atoms with Gasteiger partial charge in [0.25, 0.3) is 0 Å². The maximum atomic E-state index is 13.6. The number of nitrogens with zero attached hydrogens (tertiary/aromatic N) is 1.